The first-order valence-electron chi connectivity index (χ1n) is 6.13. The molecule has 0 bridgehead atoms. The van der Waals surface area contributed by atoms with Crippen LogP contribution < -0.4 is 5.73 Å². The van der Waals surface area contributed by atoms with Crippen molar-refractivity contribution in [2.24, 2.45) is 0 Å². The molecule has 2 rings (SSSR count). The molecule has 0 spiro atoms. The average molecular weight is 386 g/mol. The standard InChI is InChI=1S/C9H14ClN5O6P2/c10-9(23(18,19)20)22(16,17)5-21-2-1-15-4-14-6-7(11)12-3-13-8(6)15/h3-4,9H,1-2,5H2,(H,16,17)(H2,11,12,13)(H2,18,19,20). The van der Waals surface area contributed by atoms with E-state index in [1.807, 2.05) is 0 Å². The first kappa shape index (κ1) is 18.3. The van der Waals surface area contributed by atoms with Gasteiger partial charge in [-0.1, -0.05) is 11.6 Å². The van der Waals surface area contributed by atoms with E-state index in [1.165, 1.54) is 12.7 Å². The van der Waals surface area contributed by atoms with Crippen LogP contribution in [0, 0.1) is 0 Å². The maximum atomic E-state index is 11.7. The molecule has 0 aliphatic heterocycles. The largest absolute Gasteiger partial charge is 0.382 e. The van der Waals surface area contributed by atoms with Gasteiger partial charge in [0, 0.05) is 6.54 Å². The average Bonchev–Trinajstić information content (AvgIpc) is 2.86. The van der Waals surface area contributed by atoms with Crippen molar-refractivity contribution in [1.82, 2.24) is 19.5 Å². The number of aromatic nitrogens is 4. The van der Waals surface area contributed by atoms with Crippen molar-refractivity contribution in [3.8, 4) is 0 Å². The van der Waals surface area contributed by atoms with E-state index in [-0.39, 0.29) is 19.0 Å². The summed E-state index contributed by atoms with van der Waals surface area (Å²) in [5.41, 5.74) is 6.53. The van der Waals surface area contributed by atoms with Gasteiger partial charge in [-0.25, -0.2) is 15.0 Å². The second-order valence-corrected chi connectivity index (χ2v) is 9.99. The highest BCUT2D eigenvalue weighted by Crippen LogP contribution is 2.64. The monoisotopic (exact) mass is 385 g/mol. The van der Waals surface area contributed by atoms with E-state index in [0.29, 0.717) is 11.2 Å². The lowest BCUT2D eigenvalue weighted by atomic mass is 10.5. The zero-order chi connectivity index (χ0) is 17.3. The molecule has 0 fully saturated rings. The summed E-state index contributed by atoms with van der Waals surface area (Å²) < 4.78 is 29.2. The number of rotatable bonds is 7. The number of imidazole rings is 1. The van der Waals surface area contributed by atoms with Gasteiger partial charge in [0.15, 0.2) is 11.5 Å². The number of halogens is 1. The molecule has 2 atom stereocenters. The van der Waals surface area contributed by atoms with Crippen molar-refractivity contribution in [1.29, 1.82) is 0 Å². The molecule has 23 heavy (non-hydrogen) atoms. The zero-order valence-electron chi connectivity index (χ0n) is 11.6. The zero-order valence-corrected chi connectivity index (χ0v) is 14.1. The number of ether oxygens (including phenoxy) is 1. The van der Waals surface area contributed by atoms with E-state index in [0.717, 1.165) is 0 Å². The lowest BCUT2D eigenvalue weighted by Crippen LogP contribution is -2.10. The van der Waals surface area contributed by atoms with Gasteiger partial charge < -0.3 is 29.7 Å². The number of alkyl halides is 1. The van der Waals surface area contributed by atoms with Crippen LogP contribution in [0.4, 0.5) is 5.82 Å². The van der Waals surface area contributed by atoms with Crippen molar-refractivity contribution < 1.29 is 28.5 Å². The maximum Gasteiger partial charge on any atom is 0.353 e. The normalized spacial score (nSPS) is 16.3. The van der Waals surface area contributed by atoms with Crippen LogP contribution in [0.5, 0.6) is 0 Å². The minimum atomic E-state index is -4.89. The molecule has 0 radical (unpaired) electrons. The minimum absolute atomic E-state index is 0.0231. The SMILES string of the molecule is Nc1ncnc2c1ncn2CCOCP(=O)(O)C(Cl)P(=O)(O)O. The van der Waals surface area contributed by atoms with Crippen LogP contribution in [0.3, 0.4) is 0 Å². The molecule has 2 aromatic heterocycles. The van der Waals surface area contributed by atoms with Crippen LogP contribution in [0.2, 0.25) is 0 Å². The highest BCUT2D eigenvalue weighted by atomic mass is 35.5. The molecule has 0 saturated heterocycles. The van der Waals surface area contributed by atoms with Crippen LogP contribution in [-0.4, -0.2) is 52.0 Å². The van der Waals surface area contributed by atoms with Gasteiger partial charge in [-0.3, -0.25) is 9.13 Å². The van der Waals surface area contributed by atoms with Gasteiger partial charge in [-0.15, -0.1) is 0 Å². The third-order valence-electron chi connectivity index (χ3n) is 2.79. The third-order valence-corrected chi connectivity index (χ3v) is 8.23. The molecule has 0 saturated carbocycles. The van der Waals surface area contributed by atoms with Gasteiger partial charge in [0.1, 0.15) is 18.2 Å². The summed E-state index contributed by atoms with van der Waals surface area (Å²) in [6.45, 7) is 0.209. The molecule has 2 unspecified atom stereocenters. The van der Waals surface area contributed by atoms with Crippen molar-refractivity contribution in [3.05, 3.63) is 12.7 Å². The number of nitrogens with zero attached hydrogens (tertiary/aromatic N) is 4. The topological polar surface area (TPSA) is 174 Å². The Balaban J connectivity index is 1.94. The van der Waals surface area contributed by atoms with E-state index in [4.69, 9.17) is 31.9 Å². The summed E-state index contributed by atoms with van der Waals surface area (Å²) in [5, 5.41) is 0. The Morgan fingerprint density at radius 2 is 2.00 bits per heavy atom. The van der Waals surface area contributed by atoms with E-state index in [1.54, 1.807) is 4.57 Å². The van der Waals surface area contributed by atoms with Crippen molar-refractivity contribution in [2.45, 2.75) is 11.4 Å². The van der Waals surface area contributed by atoms with Crippen LogP contribution >= 0.6 is 26.6 Å². The second kappa shape index (κ2) is 6.82. The Kier molecular flexibility index (Phi) is 5.42. The van der Waals surface area contributed by atoms with E-state index in [2.05, 4.69) is 15.0 Å². The van der Waals surface area contributed by atoms with E-state index >= 15 is 0 Å². The fraction of sp³-hybridized carbons (Fsp3) is 0.444. The Bertz CT molecular complexity index is 794. The summed E-state index contributed by atoms with van der Waals surface area (Å²) in [6.07, 6.45) is 1.95. The van der Waals surface area contributed by atoms with Crippen molar-refractivity contribution in [2.75, 3.05) is 18.7 Å². The van der Waals surface area contributed by atoms with Crippen LogP contribution in [0.25, 0.3) is 11.2 Å². The van der Waals surface area contributed by atoms with Gasteiger partial charge in [0.2, 0.25) is 4.86 Å². The molecule has 14 heteroatoms. The Morgan fingerprint density at radius 3 is 2.65 bits per heavy atom. The summed E-state index contributed by atoms with van der Waals surface area (Å²) in [5.74, 6) is 0.223. The van der Waals surface area contributed by atoms with Gasteiger partial charge in [-0.05, 0) is 0 Å². The quantitative estimate of drug-likeness (QED) is 0.296. The molecule has 128 valence electrons. The molecular weight excluding hydrogens is 372 g/mol. The van der Waals surface area contributed by atoms with Gasteiger partial charge in [0.25, 0.3) is 7.37 Å². The van der Waals surface area contributed by atoms with Crippen molar-refractivity contribution >= 4 is 43.5 Å². The predicted molar refractivity (Wildman–Crippen MR) is 82.1 cm³/mol. The number of nitrogen functional groups attached to an aromatic ring is 1. The van der Waals surface area contributed by atoms with Crippen LogP contribution in [0.1, 0.15) is 0 Å². The molecular formula is C9H14ClN5O6P2. The van der Waals surface area contributed by atoms with Gasteiger partial charge in [-0.2, -0.15) is 0 Å². The predicted octanol–water partition coefficient (Wildman–Crippen LogP) is 0.353. The summed E-state index contributed by atoms with van der Waals surface area (Å²) >= 11 is 5.32. The summed E-state index contributed by atoms with van der Waals surface area (Å²) in [4.78, 5) is 36.8. The number of hydrogen-bond donors (Lipinski definition) is 4. The fourth-order valence-corrected chi connectivity index (χ4v) is 4.48. The molecule has 0 aliphatic carbocycles. The number of anilines is 1. The number of nitrogens with two attached hydrogens (primary N) is 1. The molecule has 0 amide bonds. The highest BCUT2D eigenvalue weighted by molar-refractivity contribution is 7.76. The van der Waals surface area contributed by atoms with E-state index in [9.17, 15) is 14.0 Å². The Hall–Kier alpha value is -1.06. The number of hydrogen-bond acceptors (Lipinski definition) is 7. The highest BCUT2D eigenvalue weighted by Gasteiger charge is 2.42. The first-order chi connectivity index (χ1) is 10.6. The lowest BCUT2D eigenvalue weighted by molar-refractivity contribution is 0.160. The molecule has 0 aliphatic rings. The van der Waals surface area contributed by atoms with Crippen LogP contribution in [0.15, 0.2) is 12.7 Å². The third kappa shape index (κ3) is 4.27. The smallest absolute Gasteiger partial charge is 0.353 e. The van der Waals surface area contributed by atoms with Gasteiger partial charge >= 0.3 is 7.60 Å². The maximum absolute atomic E-state index is 11.7. The first-order valence-corrected chi connectivity index (χ1v) is 10.2. The van der Waals surface area contributed by atoms with E-state index < -0.39 is 26.2 Å². The Morgan fingerprint density at radius 1 is 1.30 bits per heavy atom. The fourth-order valence-electron chi connectivity index (χ4n) is 1.72. The molecule has 2 heterocycles. The second-order valence-electron chi connectivity index (χ2n) is 4.56. The molecule has 5 N–H and O–H groups in total. The van der Waals surface area contributed by atoms with Crippen molar-refractivity contribution in [3.63, 3.8) is 0 Å². The van der Waals surface area contributed by atoms with Crippen LogP contribution in [-0.2, 0) is 20.4 Å². The van der Waals surface area contributed by atoms with Gasteiger partial charge in [0.05, 0.1) is 12.9 Å². The Labute approximate surface area is 135 Å². The molecule has 11 nitrogen and oxygen atoms in total. The summed E-state index contributed by atoms with van der Waals surface area (Å²) in [7, 11) is -9.24. The summed E-state index contributed by atoms with van der Waals surface area (Å²) in [6, 6.07) is 0. The lowest BCUT2D eigenvalue weighted by Gasteiger charge is -2.18. The number of fused-ring (bicyclic) bond motifs is 1. The molecule has 0 aromatic carbocycles. The molecule has 2 aromatic rings. The minimum Gasteiger partial charge on any atom is -0.382 e.